The number of nitrogens with zero attached hydrogens (tertiary/aromatic N) is 1. The lowest BCUT2D eigenvalue weighted by atomic mass is 10.2. The zero-order chi connectivity index (χ0) is 16.9. The number of hydrogen-bond donors (Lipinski definition) is 2. The van der Waals surface area contributed by atoms with Crippen LogP contribution < -0.4 is 11.1 Å². The van der Waals surface area contributed by atoms with E-state index in [1.165, 1.54) is 0 Å². The van der Waals surface area contributed by atoms with Gasteiger partial charge in [-0.25, -0.2) is 0 Å². The van der Waals surface area contributed by atoms with E-state index in [0.29, 0.717) is 32.1 Å². The maximum atomic E-state index is 11.6. The van der Waals surface area contributed by atoms with Crippen LogP contribution in [-0.4, -0.2) is 38.2 Å². The Morgan fingerprint density at radius 1 is 1.30 bits per heavy atom. The highest BCUT2D eigenvalue weighted by Crippen LogP contribution is 2.04. The highest BCUT2D eigenvalue weighted by atomic mass is 16.5. The number of nitrogens with two attached hydrogens (primary N) is 1. The maximum Gasteiger partial charge on any atom is 0.306 e. The number of carbonyl (C=O) groups excluding carboxylic acids is 1. The van der Waals surface area contributed by atoms with Gasteiger partial charge in [-0.2, -0.15) is 0 Å². The Bertz CT molecular complexity index is 477. The molecule has 0 aliphatic carbocycles. The molecule has 3 N–H and O–H groups in total. The van der Waals surface area contributed by atoms with Gasteiger partial charge in [0.1, 0.15) is 6.61 Å². The molecule has 0 bridgehead atoms. The molecule has 0 aromatic heterocycles. The maximum absolute atomic E-state index is 11.6. The molecule has 0 aliphatic heterocycles. The molecule has 1 unspecified atom stereocenters. The van der Waals surface area contributed by atoms with Gasteiger partial charge in [0.25, 0.3) is 0 Å². The molecule has 0 fully saturated rings. The number of rotatable bonds is 10. The predicted molar refractivity (Wildman–Crippen MR) is 91.1 cm³/mol. The molecular weight excluding hydrogens is 294 g/mol. The van der Waals surface area contributed by atoms with Gasteiger partial charge in [-0.05, 0) is 25.3 Å². The van der Waals surface area contributed by atoms with Crippen molar-refractivity contribution in [2.45, 2.75) is 38.8 Å². The third-order valence-corrected chi connectivity index (χ3v) is 3.12. The molecule has 0 heterocycles. The fourth-order valence-electron chi connectivity index (χ4n) is 1.98. The van der Waals surface area contributed by atoms with E-state index in [9.17, 15) is 4.79 Å². The lowest BCUT2D eigenvalue weighted by Gasteiger charge is -2.12. The van der Waals surface area contributed by atoms with Gasteiger partial charge in [0.2, 0.25) is 0 Å². The first kappa shape index (κ1) is 19.0. The summed E-state index contributed by atoms with van der Waals surface area (Å²) in [7, 11) is 1.64. The van der Waals surface area contributed by atoms with Gasteiger partial charge in [0.05, 0.1) is 6.61 Å². The Hall–Kier alpha value is -2.08. The van der Waals surface area contributed by atoms with Crippen LogP contribution in [0.3, 0.4) is 0 Å². The molecule has 0 saturated heterocycles. The van der Waals surface area contributed by atoms with Gasteiger partial charge in [-0.3, -0.25) is 9.79 Å². The molecule has 1 rings (SSSR count). The first-order valence-electron chi connectivity index (χ1n) is 7.86. The van der Waals surface area contributed by atoms with Gasteiger partial charge in [-0.15, -0.1) is 0 Å². The van der Waals surface area contributed by atoms with E-state index in [0.717, 1.165) is 18.4 Å². The number of carbonyl (C=O) groups is 1. The monoisotopic (exact) mass is 321 g/mol. The number of nitrogens with one attached hydrogen (secondary N) is 1. The van der Waals surface area contributed by atoms with Crippen molar-refractivity contribution in [2.24, 2.45) is 10.7 Å². The van der Waals surface area contributed by atoms with Crippen molar-refractivity contribution < 1.29 is 14.3 Å². The summed E-state index contributed by atoms with van der Waals surface area (Å²) in [6, 6.07) is 9.77. The van der Waals surface area contributed by atoms with Crippen LogP contribution in [0.15, 0.2) is 35.3 Å². The summed E-state index contributed by atoms with van der Waals surface area (Å²) in [4.78, 5) is 15.8. The molecule has 1 atom stereocenters. The summed E-state index contributed by atoms with van der Waals surface area (Å²) in [5, 5.41) is 3.03. The third-order valence-electron chi connectivity index (χ3n) is 3.12. The van der Waals surface area contributed by atoms with Gasteiger partial charge in [-0.1, -0.05) is 30.3 Å². The number of benzene rings is 1. The summed E-state index contributed by atoms with van der Waals surface area (Å²) in [6.45, 7) is 3.45. The fraction of sp³-hybridized carbons (Fsp3) is 0.529. The van der Waals surface area contributed by atoms with Crippen LogP contribution >= 0.6 is 0 Å². The summed E-state index contributed by atoms with van der Waals surface area (Å²) in [5.74, 6) is 0.221. The van der Waals surface area contributed by atoms with Crippen LogP contribution in [0.5, 0.6) is 0 Å². The number of guanidine groups is 1. The van der Waals surface area contributed by atoms with E-state index >= 15 is 0 Å². The SMILES string of the molecule is COCC(C)NC(N)=NCCCCC(=O)OCc1ccccc1. The largest absolute Gasteiger partial charge is 0.461 e. The van der Waals surface area contributed by atoms with Gasteiger partial charge < -0.3 is 20.5 Å². The number of hydrogen-bond acceptors (Lipinski definition) is 4. The van der Waals surface area contributed by atoms with Crippen molar-refractivity contribution in [2.75, 3.05) is 20.3 Å². The van der Waals surface area contributed by atoms with Crippen molar-refractivity contribution in [1.29, 1.82) is 0 Å². The number of esters is 1. The highest BCUT2D eigenvalue weighted by Gasteiger charge is 2.04. The fourth-order valence-corrected chi connectivity index (χ4v) is 1.98. The van der Waals surface area contributed by atoms with Crippen molar-refractivity contribution in [3.05, 3.63) is 35.9 Å². The molecule has 0 spiro atoms. The van der Waals surface area contributed by atoms with Crippen LogP contribution in [0.1, 0.15) is 31.7 Å². The van der Waals surface area contributed by atoms with Crippen LogP contribution in [0.25, 0.3) is 0 Å². The van der Waals surface area contributed by atoms with E-state index in [1.54, 1.807) is 7.11 Å². The molecule has 0 radical (unpaired) electrons. The van der Waals surface area contributed by atoms with Gasteiger partial charge in [0, 0.05) is 26.1 Å². The first-order valence-corrected chi connectivity index (χ1v) is 7.86. The number of aliphatic imine (C=N–C) groups is 1. The lowest BCUT2D eigenvalue weighted by molar-refractivity contribution is -0.145. The Balaban J connectivity index is 2.08. The highest BCUT2D eigenvalue weighted by molar-refractivity contribution is 5.78. The van der Waals surface area contributed by atoms with Crippen molar-refractivity contribution in [1.82, 2.24) is 5.32 Å². The summed E-state index contributed by atoms with van der Waals surface area (Å²) in [5.41, 5.74) is 6.75. The molecule has 0 aliphatic rings. The quantitative estimate of drug-likeness (QED) is 0.297. The number of unbranched alkanes of at least 4 members (excludes halogenated alkanes) is 1. The number of methoxy groups -OCH3 is 1. The Morgan fingerprint density at radius 2 is 2.04 bits per heavy atom. The predicted octanol–water partition coefficient (Wildman–Crippen LogP) is 1.84. The smallest absolute Gasteiger partial charge is 0.306 e. The molecule has 6 heteroatoms. The molecule has 6 nitrogen and oxygen atoms in total. The van der Waals surface area contributed by atoms with E-state index in [-0.39, 0.29) is 12.0 Å². The lowest BCUT2D eigenvalue weighted by Crippen LogP contribution is -2.40. The molecule has 1 aromatic rings. The summed E-state index contributed by atoms with van der Waals surface area (Å²) in [6.07, 6.45) is 1.93. The second kappa shape index (κ2) is 11.5. The Morgan fingerprint density at radius 3 is 2.74 bits per heavy atom. The molecule has 0 saturated carbocycles. The number of ether oxygens (including phenoxy) is 2. The van der Waals surface area contributed by atoms with Crippen LogP contribution in [0.2, 0.25) is 0 Å². The van der Waals surface area contributed by atoms with Gasteiger partial charge in [0.15, 0.2) is 5.96 Å². The molecule has 0 amide bonds. The Kier molecular flexibility index (Phi) is 9.47. The molecule has 1 aromatic carbocycles. The molecule has 23 heavy (non-hydrogen) atoms. The van der Waals surface area contributed by atoms with Crippen molar-refractivity contribution in [3.63, 3.8) is 0 Å². The topological polar surface area (TPSA) is 85.9 Å². The minimum atomic E-state index is -0.183. The summed E-state index contributed by atoms with van der Waals surface area (Å²) < 4.78 is 10.2. The van der Waals surface area contributed by atoms with E-state index in [2.05, 4.69) is 10.3 Å². The van der Waals surface area contributed by atoms with Crippen molar-refractivity contribution in [3.8, 4) is 0 Å². The first-order chi connectivity index (χ1) is 11.1. The second-order valence-corrected chi connectivity index (χ2v) is 5.37. The second-order valence-electron chi connectivity index (χ2n) is 5.37. The van der Waals surface area contributed by atoms with Crippen molar-refractivity contribution >= 4 is 11.9 Å². The van der Waals surface area contributed by atoms with Crippen LogP contribution in [0, 0.1) is 0 Å². The summed E-state index contributed by atoms with van der Waals surface area (Å²) >= 11 is 0. The third kappa shape index (κ3) is 9.52. The average molecular weight is 321 g/mol. The molecular formula is C17H27N3O3. The van der Waals surface area contributed by atoms with Crippen LogP contribution in [-0.2, 0) is 20.9 Å². The van der Waals surface area contributed by atoms with Gasteiger partial charge >= 0.3 is 5.97 Å². The van der Waals surface area contributed by atoms with E-state index < -0.39 is 0 Å². The normalized spacial score (nSPS) is 12.7. The zero-order valence-electron chi connectivity index (χ0n) is 14.0. The average Bonchev–Trinajstić information content (AvgIpc) is 2.53. The minimum Gasteiger partial charge on any atom is -0.461 e. The minimum absolute atomic E-state index is 0.122. The Labute approximate surface area is 138 Å². The zero-order valence-corrected chi connectivity index (χ0v) is 14.0. The van der Waals surface area contributed by atoms with E-state index in [4.69, 9.17) is 15.2 Å². The standard InChI is InChI=1S/C17H27N3O3/c1-14(12-22-2)20-17(18)19-11-7-6-10-16(21)23-13-15-8-4-3-5-9-15/h3-5,8-9,14H,6-7,10-13H2,1-2H3,(H3,18,19,20). The van der Waals surface area contributed by atoms with Crippen LogP contribution in [0.4, 0.5) is 0 Å². The molecule has 128 valence electrons. The van der Waals surface area contributed by atoms with E-state index in [1.807, 2.05) is 37.3 Å².